The smallest absolute Gasteiger partial charge is 0.263 e. The lowest BCUT2D eigenvalue weighted by Crippen LogP contribution is -2.02. The number of anilines is 1. The second kappa shape index (κ2) is 7.78. The van der Waals surface area contributed by atoms with Crippen molar-refractivity contribution in [3.8, 4) is 17.2 Å². The number of nitrogens with zero attached hydrogens (tertiary/aromatic N) is 5. The lowest BCUT2D eigenvalue weighted by atomic mass is 10.2. The first-order valence-corrected chi connectivity index (χ1v) is 7.99. The van der Waals surface area contributed by atoms with E-state index in [0.717, 1.165) is 23.4 Å². The highest BCUT2D eigenvalue weighted by Gasteiger charge is 2.08. The summed E-state index contributed by atoms with van der Waals surface area (Å²) in [5, 5.41) is 14.7. The van der Waals surface area contributed by atoms with Crippen molar-refractivity contribution in [3.63, 3.8) is 0 Å². The molecule has 0 fully saturated rings. The standard InChI is InChI=1S/C15H17ClN6O2/c1-22-20-15(19-21-22)17-9-12-10-24-14(18-12)11-3-5-13(6-4-11)23-8-2-7-16/h3-6,10H,2,7-9H2,1H3,(H,17,20). The summed E-state index contributed by atoms with van der Waals surface area (Å²) in [6.45, 7) is 1.06. The van der Waals surface area contributed by atoms with Gasteiger partial charge in [0, 0.05) is 11.4 Å². The van der Waals surface area contributed by atoms with Gasteiger partial charge in [0.2, 0.25) is 5.89 Å². The molecule has 0 atom stereocenters. The van der Waals surface area contributed by atoms with Crippen LogP contribution in [0.15, 0.2) is 34.9 Å². The van der Waals surface area contributed by atoms with Crippen LogP contribution in [0.3, 0.4) is 0 Å². The molecule has 0 saturated heterocycles. The Morgan fingerprint density at radius 2 is 2.12 bits per heavy atom. The second-order valence-electron chi connectivity index (χ2n) is 5.02. The van der Waals surface area contributed by atoms with Crippen molar-refractivity contribution in [2.75, 3.05) is 17.8 Å². The first-order chi connectivity index (χ1) is 11.7. The number of aromatic nitrogens is 5. The predicted octanol–water partition coefficient (Wildman–Crippen LogP) is 2.48. The maximum atomic E-state index is 5.62. The van der Waals surface area contributed by atoms with Gasteiger partial charge in [-0.3, -0.25) is 0 Å². The van der Waals surface area contributed by atoms with Crippen molar-refractivity contribution in [1.29, 1.82) is 0 Å². The Hall–Kier alpha value is -2.61. The molecular formula is C15H17ClN6O2. The first kappa shape index (κ1) is 16.3. The number of oxazole rings is 1. The summed E-state index contributed by atoms with van der Waals surface area (Å²) in [6.07, 6.45) is 2.42. The molecule has 3 aromatic rings. The fourth-order valence-electron chi connectivity index (χ4n) is 1.98. The van der Waals surface area contributed by atoms with Gasteiger partial charge in [0.25, 0.3) is 5.95 Å². The Bertz CT molecular complexity index is 770. The van der Waals surface area contributed by atoms with E-state index in [2.05, 4.69) is 25.7 Å². The third-order valence-electron chi connectivity index (χ3n) is 3.14. The first-order valence-electron chi connectivity index (χ1n) is 7.46. The molecule has 0 bridgehead atoms. The Morgan fingerprint density at radius 1 is 1.29 bits per heavy atom. The van der Waals surface area contributed by atoms with Crippen molar-refractivity contribution < 1.29 is 9.15 Å². The van der Waals surface area contributed by atoms with Crippen molar-refractivity contribution in [2.45, 2.75) is 13.0 Å². The lowest BCUT2D eigenvalue weighted by molar-refractivity contribution is 0.318. The maximum Gasteiger partial charge on any atom is 0.263 e. The lowest BCUT2D eigenvalue weighted by Gasteiger charge is -2.04. The van der Waals surface area contributed by atoms with Crippen LogP contribution in [-0.2, 0) is 13.6 Å². The number of aryl methyl sites for hydroxylation is 1. The molecule has 0 unspecified atom stereocenters. The highest BCUT2D eigenvalue weighted by atomic mass is 35.5. The fourth-order valence-corrected chi connectivity index (χ4v) is 2.09. The van der Waals surface area contributed by atoms with Crippen LogP contribution in [-0.4, -0.2) is 37.7 Å². The zero-order valence-electron chi connectivity index (χ0n) is 13.1. The minimum Gasteiger partial charge on any atom is -0.494 e. The summed E-state index contributed by atoms with van der Waals surface area (Å²) in [5.41, 5.74) is 1.63. The van der Waals surface area contributed by atoms with Gasteiger partial charge in [-0.1, -0.05) is 5.10 Å². The summed E-state index contributed by atoms with van der Waals surface area (Å²) in [7, 11) is 1.70. The van der Waals surface area contributed by atoms with E-state index in [4.69, 9.17) is 20.8 Å². The molecule has 2 heterocycles. The molecule has 8 nitrogen and oxygen atoms in total. The highest BCUT2D eigenvalue weighted by molar-refractivity contribution is 6.17. The zero-order chi connectivity index (χ0) is 16.8. The number of benzene rings is 1. The van der Waals surface area contributed by atoms with Crippen LogP contribution < -0.4 is 10.1 Å². The summed E-state index contributed by atoms with van der Waals surface area (Å²) in [6, 6.07) is 7.58. The van der Waals surface area contributed by atoms with Crippen LogP contribution >= 0.6 is 11.6 Å². The van der Waals surface area contributed by atoms with Crippen LogP contribution in [0.1, 0.15) is 12.1 Å². The SMILES string of the molecule is Cn1nnc(NCc2coc(-c3ccc(OCCCCl)cc3)n2)n1. The van der Waals surface area contributed by atoms with Gasteiger partial charge in [-0.05, 0) is 35.9 Å². The van der Waals surface area contributed by atoms with E-state index in [1.165, 1.54) is 4.80 Å². The van der Waals surface area contributed by atoms with Crippen molar-refractivity contribution in [1.82, 2.24) is 25.2 Å². The molecule has 0 spiro atoms. The minimum atomic E-state index is 0.445. The van der Waals surface area contributed by atoms with Crippen LogP contribution in [0.5, 0.6) is 5.75 Å². The number of hydrogen-bond acceptors (Lipinski definition) is 7. The number of rotatable bonds is 8. The molecule has 126 valence electrons. The third kappa shape index (κ3) is 4.23. The Kier molecular flexibility index (Phi) is 5.27. The van der Waals surface area contributed by atoms with Gasteiger partial charge in [-0.2, -0.15) is 4.80 Å². The van der Waals surface area contributed by atoms with Gasteiger partial charge in [0.1, 0.15) is 12.0 Å². The molecule has 0 aliphatic carbocycles. The Balaban J connectivity index is 1.58. The molecule has 1 aromatic carbocycles. The molecule has 0 aliphatic heterocycles. The molecule has 24 heavy (non-hydrogen) atoms. The highest BCUT2D eigenvalue weighted by Crippen LogP contribution is 2.22. The fraction of sp³-hybridized carbons (Fsp3) is 0.333. The minimum absolute atomic E-state index is 0.445. The second-order valence-corrected chi connectivity index (χ2v) is 5.39. The van der Waals surface area contributed by atoms with Crippen molar-refractivity contribution >= 4 is 17.5 Å². The maximum absolute atomic E-state index is 5.62. The molecule has 0 aliphatic rings. The number of nitrogens with one attached hydrogen (secondary N) is 1. The molecule has 2 aromatic heterocycles. The summed E-state index contributed by atoms with van der Waals surface area (Å²) >= 11 is 5.62. The van der Waals surface area contributed by atoms with E-state index >= 15 is 0 Å². The van der Waals surface area contributed by atoms with Gasteiger partial charge in [-0.25, -0.2) is 4.98 Å². The normalized spacial score (nSPS) is 10.8. The van der Waals surface area contributed by atoms with E-state index in [-0.39, 0.29) is 0 Å². The van der Waals surface area contributed by atoms with Gasteiger partial charge < -0.3 is 14.5 Å². The number of hydrogen-bond donors (Lipinski definition) is 1. The molecule has 1 N–H and O–H groups in total. The van der Waals surface area contributed by atoms with E-state index in [1.54, 1.807) is 13.3 Å². The zero-order valence-corrected chi connectivity index (χ0v) is 13.9. The number of halogens is 1. The van der Waals surface area contributed by atoms with E-state index in [0.29, 0.717) is 30.9 Å². The average molecular weight is 349 g/mol. The predicted molar refractivity (Wildman–Crippen MR) is 88.9 cm³/mol. The summed E-state index contributed by atoms with van der Waals surface area (Å²) in [4.78, 5) is 5.82. The number of tetrazole rings is 1. The monoisotopic (exact) mass is 348 g/mol. The summed E-state index contributed by atoms with van der Waals surface area (Å²) < 4.78 is 11.1. The van der Waals surface area contributed by atoms with E-state index in [9.17, 15) is 0 Å². The molecule has 3 rings (SSSR count). The molecule has 0 amide bonds. The van der Waals surface area contributed by atoms with Crippen LogP contribution in [0.25, 0.3) is 11.5 Å². The van der Waals surface area contributed by atoms with Crippen LogP contribution in [0.4, 0.5) is 5.95 Å². The third-order valence-corrected chi connectivity index (χ3v) is 3.40. The van der Waals surface area contributed by atoms with Crippen molar-refractivity contribution in [3.05, 3.63) is 36.2 Å². The van der Waals surface area contributed by atoms with Gasteiger partial charge >= 0.3 is 0 Å². The van der Waals surface area contributed by atoms with Gasteiger partial charge in [-0.15, -0.1) is 16.7 Å². The van der Waals surface area contributed by atoms with Crippen molar-refractivity contribution in [2.24, 2.45) is 7.05 Å². The van der Waals surface area contributed by atoms with E-state index in [1.807, 2.05) is 24.3 Å². The van der Waals surface area contributed by atoms with E-state index < -0.39 is 0 Å². The summed E-state index contributed by atoms with van der Waals surface area (Å²) in [5.74, 6) is 2.38. The Morgan fingerprint density at radius 3 is 2.83 bits per heavy atom. The topological polar surface area (TPSA) is 90.9 Å². The van der Waals surface area contributed by atoms with Gasteiger partial charge in [0.15, 0.2) is 0 Å². The molecule has 0 saturated carbocycles. The van der Waals surface area contributed by atoms with Gasteiger partial charge in [0.05, 0.1) is 25.9 Å². The number of ether oxygens (including phenoxy) is 1. The molecular weight excluding hydrogens is 332 g/mol. The molecule has 9 heteroatoms. The Labute approximate surface area is 143 Å². The molecule has 0 radical (unpaired) electrons. The van der Waals surface area contributed by atoms with Crippen LogP contribution in [0, 0.1) is 0 Å². The largest absolute Gasteiger partial charge is 0.494 e. The number of alkyl halides is 1. The quantitative estimate of drug-likeness (QED) is 0.494. The van der Waals surface area contributed by atoms with Crippen LogP contribution in [0.2, 0.25) is 0 Å². The average Bonchev–Trinajstić information content (AvgIpc) is 3.23.